The van der Waals surface area contributed by atoms with Gasteiger partial charge in [-0.3, -0.25) is 0 Å². The van der Waals surface area contributed by atoms with Crippen LogP contribution in [0.15, 0.2) is 29.2 Å². The number of rotatable bonds is 3. The standard InChI is InChI=1S/C9H10O3S/c1-13-7-4-2-6(3-5-7)8(10)9(11)12/h2-5,8,10H,1H3,(H,11,12)/t8-/m1/s1. The predicted molar refractivity (Wildman–Crippen MR) is 50.8 cm³/mol. The molecule has 0 aliphatic rings. The molecule has 70 valence electrons. The molecule has 1 atom stereocenters. The number of carboxylic acid groups (broad SMARTS) is 1. The maximum atomic E-state index is 10.4. The molecule has 0 bridgehead atoms. The zero-order chi connectivity index (χ0) is 9.84. The lowest BCUT2D eigenvalue weighted by atomic mass is 10.1. The van der Waals surface area contributed by atoms with E-state index in [4.69, 9.17) is 10.2 Å². The van der Waals surface area contributed by atoms with Crippen LogP contribution in [0.3, 0.4) is 0 Å². The van der Waals surface area contributed by atoms with E-state index in [1.807, 2.05) is 6.26 Å². The molecule has 0 fully saturated rings. The molecular formula is C9H10O3S. The van der Waals surface area contributed by atoms with Gasteiger partial charge in [-0.25, -0.2) is 4.79 Å². The van der Waals surface area contributed by atoms with Gasteiger partial charge in [-0.05, 0) is 24.0 Å². The number of carboxylic acids is 1. The van der Waals surface area contributed by atoms with Crippen LogP contribution in [0.5, 0.6) is 0 Å². The lowest BCUT2D eigenvalue weighted by molar-refractivity contribution is -0.146. The van der Waals surface area contributed by atoms with Gasteiger partial charge in [0, 0.05) is 4.90 Å². The van der Waals surface area contributed by atoms with Crippen LogP contribution in [0, 0.1) is 0 Å². The van der Waals surface area contributed by atoms with E-state index in [9.17, 15) is 4.79 Å². The molecule has 0 saturated heterocycles. The Morgan fingerprint density at radius 3 is 2.31 bits per heavy atom. The first-order chi connectivity index (χ1) is 6.15. The van der Waals surface area contributed by atoms with Gasteiger partial charge >= 0.3 is 5.97 Å². The minimum atomic E-state index is -1.42. The van der Waals surface area contributed by atoms with E-state index in [0.717, 1.165) is 4.90 Å². The monoisotopic (exact) mass is 198 g/mol. The Hall–Kier alpha value is -1.00. The van der Waals surface area contributed by atoms with Crippen molar-refractivity contribution in [2.45, 2.75) is 11.0 Å². The second-order valence-electron chi connectivity index (χ2n) is 2.51. The molecule has 1 rings (SSSR count). The molecular weight excluding hydrogens is 188 g/mol. The fourth-order valence-corrected chi connectivity index (χ4v) is 1.34. The van der Waals surface area contributed by atoms with Crippen molar-refractivity contribution in [3.8, 4) is 0 Å². The molecule has 4 heteroatoms. The van der Waals surface area contributed by atoms with Crippen molar-refractivity contribution in [3.05, 3.63) is 29.8 Å². The molecule has 1 aromatic carbocycles. The quantitative estimate of drug-likeness (QED) is 0.723. The second kappa shape index (κ2) is 4.30. The van der Waals surface area contributed by atoms with E-state index in [1.54, 1.807) is 36.0 Å². The summed E-state index contributed by atoms with van der Waals surface area (Å²) in [6.07, 6.45) is 0.513. The summed E-state index contributed by atoms with van der Waals surface area (Å²) in [7, 11) is 0. The number of hydrogen-bond acceptors (Lipinski definition) is 3. The molecule has 0 spiro atoms. The van der Waals surface area contributed by atoms with Crippen LogP contribution in [0.25, 0.3) is 0 Å². The Kier molecular flexibility index (Phi) is 3.33. The van der Waals surface area contributed by atoms with E-state index < -0.39 is 12.1 Å². The molecule has 0 saturated carbocycles. The topological polar surface area (TPSA) is 57.5 Å². The maximum Gasteiger partial charge on any atom is 0.337 e. The minimum absolute atomic E-state index is 0.408. The Morgan fingerprint density at radius 2 is 1.92 bits per heavy atom. The van der Waals surface area contributed by atoms with Gasteiger partial charge in [0.1, 0.15) is 0 Å². The largest absolute Gasteiger partial charge is 0.479 e. The summed E-state index contributed by atoms with van der Waals surface area (Å²) in [6.45, 7) is 0. The summed E-state index contributed by atoms with van der Waals surface area (Å²) in [5.74, 6) is -1.23. The van der Waals surface area contributed by atoms with Gasteiger partial charge in [-0.15, -0.1) is 11.8 Å². The van der Waals surface area contributed by atoms with Gasteiger partial charge in [-0.1, -0.05) is 12.1 Å². The van der Waals surface area contributed by atoms with E-state index in [2.05, 4.69) is 0 Å². The maximum absolute atomic E-state index is 10.4. The molecule has 0 amide bonds. The molecule has 0 aromatic heterocycles. The predicted octanol–water partition coefficient (Wildman–Crippen LogP) is 1.53. The molecule has 3 nitrogen and oxygen atoms in total. The molecule has 13 heavy (non-hydrogen) atoms. The number of carbonyl (C=O) groups is 1. The molecule has 1 aromatic rings. The van der Waals surface area contributed by atoms with Crippen molar-refractivity contribution < 1.29 is 15.0 Å². The second-order valence-corrected chi connectivity index (χ2v) is 3.39. The average Bonchev–Trinajstić information content (AvgIpc) is 2.17. The fourth-order valence-electron chi connectivity index (χ4n) is 0.929. The van der Waals surface area contributed by atoms with Crippen molar-refractivity contribution in [1.29, 1.82) is 0 Å². The Labute approximate surface area is 80.4 Å². The summed E-state index contributed by atoms with van der Waals surface area (Å²) < 4.78 is 0. The summed E-state index contributed by atoms with van der Waals surface area (Å²) in [4.78, 5) is 11.4. The smallest absolute Gasteiger partial charge is 0.337 e. The van der Waals surface area contributed by atoms with Crippen molar-refractivity contribution in [2.24, 2.45) is 0 Å². The highest BCUT2D eigenvalue weighted by Crippen LogP contribution is 2.18. The molecule has 0 heterocycles. The van der Waals surface area contributed by atoms with Crippen LogP contribution in [-0.2, 0) is 4.79 Å². The van der Waals surface area contributed by atoms with E-state index >= 15 is 0 Å². The average molecular weight is 198 g/mol. The van der Waals surface area contributed by atoms with Gasteiger partial charge in [0.15, 0.2) is 6.10 Å². The van der Waals surface area contributed by atoms with Crippen molar-refractivity contribution >= 4 is 17.7 Å². The Morgan fingerprint density at radius 1 is 1.38 bits per heavy atom. The number of thioether (sulfide) groups is 1. The summed E-state index contributed by atoms with van der Waals surface area (Å²) in [5, 5.41) is 17.7. The number of benzene rings is 1. The normalized spacial score (nSPS) is 12.5. The first-order valence-electron chi connectivity index (χ1n) is 3.70. The third-order valence-electron chi connectivity index (χ3n) is 1.67. The van der Waals surface area contributed by atoms with Gasteiger partial charge in [0.25, 0.3) is 0 Å². The number of aliphatic carboxylic acids is 1. The van der Waals surface area contributed by atoms with Crippen molar-refractivity contribution in [3.63, 3.8) is 0 Å². The Balaban J connectivity index is 2.85. The minimum Gasteiger partial charge on any atom is -0.479 e. The number of aliphatic hydroxyl groups is 1. The highest BCUT2D eigenvalue weighted by Gasteiger charge is 2.14. The molecule has 2 N–H and O–H groups in total. The van der Waals surface area contributed by atoms with E-state index in [0.29, 0.717) is 5.56 Å². The van der Waals surface area contributed by atoms with Crippen LogP contribution in [0.2, 0.25) is 0 Å². The van der Waals surface area contributed by atoms with Gasteiger partial charge in [-0.2, -0.15) is 0 Å². The van der Waals surface area contributed by atoms with Gasteiger partial charge < -0.3 is 10.2 Å². The number of aliphatic hydroxyl groups excluding tert-OH is 1. The van der Waals surface area contributed by atoms with Gasteiger partial charge in [0.2, 0.25) is 0 Å². The molecule has 0 aliphatic carbocycles. The summed E-state index contributed by atoms with van der Waals surface area (Å²) in [6, 6.07) is 6.80. The Bertz CT molecular complexity index is 294. The highest BCUT2D eigenvalue weighted by molar-refractivity contribution is 7.98. The lowest BCUT2D eigenvalue weighted by Crippen LogP contribution is -2.09. The number of hydrogen-bond donors (Lipinski definition) is 2. The summed E-state index contributed by atoms with van der Waals surface area (Å²) >= 11 is 1.57. The molecule has 0 radical (unpaired) electrons. The third kappa shape index (κ3) is 2.47. The van der Waals surface area contributed by atoms with Crippen molar-refractivity contribution in [2.75, 3.05) is 6.26 Å². The summed E-state index contributed by atoms with van der Waals surface area (Å²) in [5.41, 5.74) is 0.408. The van der Waals surface area contributed by atoms with Crippen LogP contribution >= 0.6 is 11.8 Å². The fraction of sp³-hybridized carbons (Fsp3) is 0.222. The zero-order valence-corrected chi connectivity index (χ0v) is 7.91. The van der Waals surface area contributed by atoms with E-state index in [1.165, 1.54) is 0 Å². The zero-order valence-electron chi connectivity index (χ0n) is 7.10. The van der Waals surface area contributed by atoms with Crippen molar-refractivity contribution in [1.82, 2.24) is 0 Å². The van der Waals surface area contributed by atoms with E-state index in [-0.39, 0.29) is 0 Å². The first-order valence-corrected chi connectivity index (χ1v) is 4.92. The molecule has 0 unspecified atom stereocenters. The lowest BCUT2D eigenvalue weighted by Gasteiger charge is -2.05. The van der Waals surface area contributed by atoms with Crippen LogP contribution in [0.4, 0.5) is 0 Å². The van der Waals surface area contributed by atoms with Crippen LogP contribution < -0.4 is 0 Å². The third-order valence-corrected chi connectivity index (χ3v) is 2.41. The van der Waals surface area contributed by atoms with Crippen LogP contribution in [0.1, 0.15) is 11.7 Å². The van der Waals surface area contributed by atoms with Gasteiger partial charge in [0.05, 0.1) is 0 Å². The first kappa shape index (κ1) is 10.1. The SMILES string of the molecule is CSc1ccc([C@@H](O)C(=O)O)cc1. The highest BCUT2D eigenvalue weighted by atomic mass is 32.2. The van der Waals surface area contributed by atoms with Crippen LogP contribution in [-0.4, -0.2) is 22.4 Å². The molecule has 0 aliphatic heterocycles.